The lowest BCUT2D eigenvalue weighted by Gasteiger charge is -2.08. The maximum absolute atomic E-state index is 10.7. The first-order chi connectivity index (χ1) is 8.11. The van der Waals surface area contributed by atoms with Crippen molar-refractivity contribution in [3.8, 4) is 0 Å². The van der Waals surface area contributed by atoms with Crippen LogP contribution in [-0.2, 0) is 10.1 Å². The van der Waals surface area contributed by atoms with Crippen LogP contribution in [-0.4, -0.2) is 18.5 Å². The van der Waals surface area contributed by atoms with E-state index in [-0.39, 0.29) is 0 Å². The van der Waals surface area contributed by atoms with E-state index in [9.17, 15) is 13.2 Å². The van der Waals surface area contributed by atoms with Crippen LogP contribution in [0.15, 0.2) is 18.2 Å². The Morgan fingerprint density at radius 2 is 1.72 bits per heavy atom. The van der Waals surface area contributed by atoms with Gasteiger partial charge in [-0.1, -0.05) is 6.07 Å². The van der Waals surface area contributed by atoms with Crippen molar-refractivity contribution in [2.75, 3.05) is 0 Å². The van der Waals surface area contributed by atoms with Gasteiger partial charge in [0.05, 0.1) is 21.9 Å². The van der Waals surface area contributed by atoms with Crippen LogP contribution >= 0.6 is 28.4 Å². The Morgan fingerprint density at radius 3 is 2.22 bits per heavy atom. The van der Waals surface area contributed by atoms with E-state index in [2.05, 4.69) is 25.1 Å². The van der Waals surface area contributed by atoms with E-state index in [0.29, 0.717) is 0 Å². The van der Waals surface area contributed by atoms with Crippen molar-refractivity contribution in [3.05, 3.63) is 23.8 Å². The second kappa shape index (κ2) is 5.75. The number of hydrogen-bond acceptors (Lipinski definition) is 3. The summed E-state index contributed by atoms with van der Waals surface area (Å²) in [4.78, 5) is 0. The molecule has 0 bridgehead atoms. The molecule has 1 aromatic carbocycles. The van der Waals surface area contributed by atoms with Gasteiger partial charge in [-0.2, -0.15) is 13.2 Å². The van der Waals surface area contributed by atoms with Gasteiger partial charge in [-0.05, 0) is 12.5 Å². The highest BCUT2D eigenvalue weighted by Crippen LogP contribution is 2.35. The van der Waals surface area contributed by atoms with Gasteiger partial charge in [0.25, 0.3) is 9.40 Å². The molecule has 0 radical (unpaired) electrons. The lowest BCUT2D eigenvalue weighted by molar-refractivity contribution is -0.0517. The van der Waals surface area contributed by atoms with E-state index < -0.39 is 15.6 Å². The summed E-state index contributed by atoms with van der Waals surface area (Å²) in [6, 6.07) is 6.64. The van der Waals surface area contributed by atoms with E-state index in [1.165, 1.54) is 21.5 Å². The third kappa shape index (κ3) is 4.40. The highest BCUT2D eigenvalue weighted by atomic mass is 32.8. The number of alkyl halides is 3. The molecule has 0 saturated carbocycles. The molecule has 0 N–H and O–H groups in total. The molecule has 0 amide bonds. The van der Waals surface area contributed by atoms with Gasteiger partial charge in [0, 0.05) is 12.1 Å². The lowest BCUT2D eigenvalue weighted by Crippen LogP contribution is -2.21. The summed E-state index contributed by atoms with van der Waals surface area (Å²) in [5.41, 5.74) is -4.28. The zero-order valence-corrected chi connectivity index (χ0v) is 12.1. The molecule has 0 atom stereocenters. The molecule has 2 rings (SSSR count). The summed E-state index contributed by atoms with van der Waals surface area (Å²) in [5.74, 6) is 0. The fraction of sp³-hybridized carbons (Fsp3) is 0.250. The number of benzene rings is 1. The first kappa shape index (κ1) is 15.7. The molecule has 0 unspecified atom stereocenters. The van der Waals surface area contributed by atoms with E-state index in [4.69, 9.17) is 13.0 Å². The standard InChI is InChI=1S/C7H6PS2.CHF3O3S/c1-5-2-3-6-7(4-5)10-8-9-6;2-1(3,4)8(5,6)7/h2-4H,1H3;(H,5,6,7)/q+1;/p-1. The van der Waals surface area contributed by atoms with E-state index >= 15 is 0 Å². The third-order valence-electron chi connectivity index (χ3n) is 1.65. The smallest absolute Gasteiger partial charge is 0.485 e. The predicted octanol–water partition coefficient (Wildman–Crippen LogP) is 4.18. The maximum atomic E-state index is 10.7. The highest BCUT2D eigenvalue weighted by molar-refractivity contribution is 8.08. The molecule has 0 aliphatic heterocycles. The molecular weight excluding hydrogens is 328 g/mol. The minimum absolute atomic E-state index is 1.36. The van der Waals surface area contributed by atoms with E-state index in [1.807, 2.05) is 21.9 Å². The molecule has 1 aromatic heterocycles. The van der Waals surface area contributed by atoms with Crippen molar-refractivity contribution in [1.82, 2.24) is 0 Å². The van der Waals surface area contributed by atoms with E-state index in [1.54, 1.807) is 0 Å². The van der Waals surface area contributed by atoms with Crippen molar-refractivity contribution in [2.45, 2.75) is 12.4 Å². The van der Waals surface area contributed by atoms with Crippen molar-refractivity contribution < 1.29 is 26.1 Å². The molecule has 0 saturated heterocycles. The quantitative estimate of drug-likeness (QED) is 0.412. The second-order valence-corrected chi connectivity index (χ2v) is 8.76. The van der Waals surface area contributed by atoms with Crippen molar-refractivity contribution >= 4 is 48.0 Å². The number of fused-ring (bicyclic) bond motifs is 1. The van der Waals surface area contributed by atoms with Gasteiger partial charge in [-0.25, -0.2) is 8.42 Å². The second-order valence-electron chi connectivity index (χ2n) is 3.11. The number of halogens is 3. The SMILES string of the molecule is Cc1ccc2[s+][p-][s+]c2c1.O=S(=O)([O-])C(F)(F)F. The largest absolute Gasteiger partial charge is 0.741 e. The van der Waals surface area contributed by atoms with Crippen LogP contribution in [0.5, 0.6) is 0 Å². The zero-order valence-electron chi connectivity index (χ0n) is 8.76. The highest BCUT2D eigenvalue weighted by Gasteiger charge is 2.36. The number of rotatable bonds is 0. The fourth-order valence-electron chi connectivity index (χ4n) is 0.861. The molecule has 0 fully saturated rings. The van der Waals surface area contributed by atoms with Crippen LogP contribution < -0.4 is 0 Å². The van der Waals surface area contributed by atoms with Gasteiger partial charge in [0.2, 0.25) is 0 Å². The van der Waals surface area contributed by atoms with Gasteiger partial charge in [0.1, 0.15) is 6.55 Å². The molecule has 18 heavy (non-hydrogen) atoms. The maximum Gasteiger partial charge on any atom is 0.485 e. The first-order valence-corrected chi connectivity index (χ1v) is 9.43. The van der Waals surface area contributed by atoms with Gasteiger partial charge >= 0.3 is 5.51 Å². The molecule has 3 nitrogen and oxygen atoms in total. The monoisotopic (exact) mass is 334 g/mol. The fourth-order valence-corrected chi connectivity index (χ4v) is 5.66. The summed E-state index contributed by atoms with van der Waals surface area (Å²) >= 11 is 0. The summed E-state index contributed by atoms with van der Waals surface area (Å²) in [6.07, 6.45) is 0. The Balaban J connectivity index is 0.000000187. The Labute approximate surface area is 110 Å². The Hall–Kier alpha value is -0.340. The minimum atomic E-state index is -6.09. The summed E-state index contributed by atoms with van der Waals surface area (Å²) in [6.45, 7) is 3.55. The molecule has 0 aliphatic rings. The molecule has 1 heterocycles. The molecular formula is C8H6F3O3PS3. The Kier molecular flexibility index (Phi) is 5.02. The van der Waals surface area contributed by atoms with Gasteiger partial charge in [-0.15, -0.1) is 0 Å². The summed E-state index contributed by atoms with van der Waals surface area (Å²) in [5, 5.41) is 0. The van der Waals surface area contributed by atoms with Crippen LogP contribution in [0.4, 0.5) is 13.2 Å². The third-order valence-corrected chi connectivity index (χ3v) is 6.56. The van der Waals surface area contributed by atoms with Crippen molar-refractivity contribution in [3.63, 3.8) is 0 Å². The molecule has 0 aliphatic carbocycles. The summed E-state index contributed by atoms with van der Waals surface area (Å²) < 4.78 is 61.8. The minimum Gasteiger partial charge on any atom is -0.741 e. The van der Waals surface area contributed by atoms with Crippen LogP contribution in [0.25, 0.3) is 9.40 Å². The van der Waals surface area contributed by atoms with E-state index in [0.717, 1.165) is 0 Å². The van der Waals surface area contributed by atoms with Crippen LogP contribution in [0.2, 0.25) is 0 Å². The molecule has 10 heteroatoms. The van der Waals surface area contributed by atoms with Crippen LogP contribution in [0.1, 0.15) is 5.56 Å². The van der Waals surface area contributed by atoms with Crippen LogP contribution in [0.3, 0.4) is 0 Å². The number of hydrogen-bond donors (Lipinski definition) is 0. The Bertz CT molecular complexity index is 636. The van der Waals surface area contributed by atoms with Gasteiger partial charge in [-0.3, -0.25) is 0 Å². The van der Waals surface area contributed by atoms with Crippen molar-refractivity contribution in [1.29, 1.82) is 0 Å². The molecule has 2 aromatic rings. The van der Waals surface area contributed by atoms with Crippen LogP contribution in [0, 0.1) is 6.92 Å². The first-order valence-electron chi connectivity index (χ1n) is 4.28. The zero-order chi connectivity index (χ0) is 14.0. The topological polar surface area (TPSA) is 57.2 Å². The normalized spacial score (nSPS) is 12.5. The van der Waals surface area contributed by atoms with Gasteiger partial charge in [0.15, 0.2) is 10.1 Å². The predicted molar refractivity (Wildman–Crippen MR) is 67.1 cm³/mol. The molecule has 100 valence electrons. The Morgan fingerprint density at radius 1 is 1.22 bits per heavy atom. The summed E-state index contributed by atoms with van der Waals surface area (Å²) in [7, 11) is -2.26. The number of aryl methyl sites for hydroxylation is 1. The average molecular weight is 334 g/mol. The van der Waals surface area contributed by atoms with Crippen molar-refractivity contribution in [2.24, 2.45) is 0 Å². The lowest BCUT2D eigenvalue weighted by atomic mass is 10.2. The van der Waals surface area contributed by atoms with Gasteiger partial charge < -0.3 is 4.55 Å². The average Bonchev–Trinajstić information content (AvgIpc) is 2.62. The molecule has 0 spiro atoms.